The van der Waals surface area contributed by atoms with Gasteiger partial charge < -0.3 is 9.52 Å². The predicted octanol–water partition coefficient (Wildman–Crippen LogP) is 0.321. The fourth-order valence-corrected chi connectivity index (χ4v) is 1.17. The number of carbonyl (C=O) groups is 1. The van der Waals surface area contributed by atoms with Crippen molar-refractivity contribution < 1.29 is 14.3 Å². The number of hydrogen-bond acceptors (Lipinski definition) is 5. The lowest BCUT2D eigenvalue weighted by atomic mass is 10.4. The van der Waals surface area contributed by atoms with E-state index in [1.165, 1.54) is 16.9 Å². The molecule has 0 aliphatic carbocycles. The van der Waals surface area contributed by atoms with Gasteiger partial charge in [0.25, 0.3) is 0 Å². The first-order valence-electron chi connectivity index (χ1n) is 4.21. The molecule has 2 aromatic heterocycles. The maximum Gasteiger partial charge on any atom is 0.354 e. The molecule has 0 fully saturated rings. The molecule has 1 N–H and O–H groups in total. The van der Waals surface area contributed by atoms with Gasteiger partial charge in [0.15, 0.2) is 0 Å². The summed E-state index contributed by atoms with van der Waals surface area (Å²) in [6, 6.07) is 1.41. The topological polar surface area (TPSA) is 94.0 Å². The molecule has 2 heterocycles. The highest BCUT2D eigenvalue weighted by Gasteiger charge is 2.12. The molecule has 78 valence electrons. The van der Waals surface area contributed by atoms with E-state index in [1.54, 1.807) is 6.92 Å². The molecule has 0 amide bonds. The Morgan fingerprint density at radius 1 is 1.60 bits per heavy atom. The fraction of sp³-hybridized carbons (Fsp3) is 0.250. The largest absolute Gasteiger partial charge is 0.477 e. The summed E-state index contributed by atoms with van der Waals surface area (Å²) in [5.41, 5.74) is 0.0888. The van der Waals surface area contributed by atoms with Crippen molar-refractivity contribution in [1.29, 1.82) is 0 Å². The van der Waals surface area contributed by atoms with Gasteiger partial charge >= 0.3 is 5.97 Å². The molecule has 0 aliphatic heterocycles. The standard InChI is InChI=1S/C8H8N4O3/c1-5-10-11-7(15-5)4-12-6(8(13)14)2-3-9-12/h2-3H,4H2,1H3,(H,13,14). The Hall–Kier alpha value is -2.18. The molecule has 0 radical (unpaired) electrons. The molecule has 2 aromatic rings. The zero-order valence-corrected chi connectivity index (χ0v) is 7.91. The second-order valence-electron chi connectivity index (χ2n) is 2.89. The van der Waals surface area contributed by atoms with Gasteiger partial charge in [0.05, 0.1) is 0 Å². The first kappa shape index (κ1) is 9.38. The van der Waals surface area contributed by atoms with Crippen molar-refractivity contribution in [2.24, 2.45) is 0 Å². The summed E-state index contributed by atoms with van der Waals surface area (Å²) in [5, 5.41) is 20.0. The Balaban J connectivity index is 2.24. The number of aromatic nitrogens is 4. The minimum Gasteiger partial charge on any atom is -0.477 e. The second-order valence-corrected chi connectivity index (χ2v) is 2.89. The van der Waals surface area contributed by atoms with Gasteiger partial charge in [0.2, 0.25) is 11.8 Å². The summed E-state index contributed by atoms with van der Waals surface area (Å²) in [5.74, 6) is -0.267. The number of carboxylic acids is 1. The van der Waals surface area contributed by atoms with Crippen LogP contribution in [-0.2, 0) is 6.54 Å². The average Bonchev–Trinajstić information content (AvgIpc) is 2.75. The van der Waals surface area contributed by atoms with Crippen molar-refractivity contribution in [3.63, 3.8) is 0 Å². The van der Waals surface area contributed by atoms with Crippen molar-refractivity contribution >= 4 is 5.97 Å². The number of aromatic carboxylic acids is 1. The van der Waals surface area contributed by atoms with Crippen LogP contribution >= 0.6 is 0 Å². The fourth-order valence-electron chi connectivity index (χ4n) is 1.17. The Morgan fingerprint density at radius 2 is 2.40 bits per heavy atom. The number of nitrogens with zero attached hydrogens (tertiary/aromatic N) is 4. The molecule has 0 saturated heterocycles. The van der Waals surface area contributed by atoms with Crippen LogP contribution in [0, 0.1) is 6.92 Å². The van der Waals surface area contributed by atoms with Crippen LogP contribution in [0.4, 0.5) is 0 Å². The quantitative estimate of drug-likeness (QED) is 0.780. The molecule has 15 heavy (non-hydrogen) atoms. The Kier molecular flexibility index (Phi) is 2.20. The normalized spacial score (nSPS) is 10.5. The zero-order chi connectivity index (χ0) is 10.8. The minimum atomic E-state index is -1.04. The number of rotatable bonds is 3. The molecule has 2 rings (SSSR count). The van der Waals surface area contributed by atoms with Crippen LogP contribution in [0.2, 0.25) is 0 Å². The van der Waals surface area contributed by atoms with Crippen molar-refractivity contribution in [1.82, 2.24) is 20.0 Å². The highest BCUT2D eigenvalue weighted by Crippen LogP contribution is 2.04. The van der Waals surface area contributed by atoms with Crippen LogP contribution in [0.1, 0.15) is 22.3 Å². The van der Waals surface area contributed by atoms with Crippen molar-refractivity contribution in [2.75, 3.05) is 0 Å². The molecule has 0 spiro atoms. The molecular formula is C8H8N4O3. The van der Waals surface area contributed by atoms with Crippen LogP contribution < -0.4 is 0 Å². The van der Waals surface area contributed by atoms with Crippen molar-refractivity contribution in [3.8, 4) is 0 Å². The highest BCUT2D eigenvalue weighted by molar-refractivity contribution is 5.85. The monoisotopic (exact) mass is 208 g/mol. The van der Waals surface area contributed by atoms with E-state index in [0.29, 0.717) is 11.8 Å². The third-order valence-corrected chi connectivity index (χ3v) is 1.79. The molecule has 7 nitrogen and oxygen atoms in total. The van der Waals surface area contributed by atoms with Gasteiger partial charge in [-0.3, -0.25) is 0 Å². The Bertz CT molecular complexity index is 488. The van der Waals surface area contributed by atoms with Gasteiger partial charge in [-0.2, -0.15) is 5.10 Å². The maximum absolute atomic E-state index is 10.8. The van der Waals surface area contributed by atoms with Crippen LogP contribution in [0.3, 0.4) is 0 Å². The summed E-state index contributed by atoms with van der Waals surface area (Å²) in [6.45, 7) is 1.83. The van der Waals surface area contributed by atoms with Crippen molar-refractivity contribution in [2.45, 2.75) is 13.5 Å². The molecule has 0 unspecified atom stereocenters. The second kappa shape index (κ2) is 3.52. The van der Waals surface area contributed by atoms with Gasteiger partial charge in [-0.15, -0.1) is 10.2 Å². The first-order chi connectivity index (χ1) is 7.16. The van der Waals surface area contributed by atoms with E-state index in [-0.39, 0.29) is 12.2 Å². The lowest BCUT2D eigenvalue weighted by molar-refractivity contribution is 0.0683. The van der Waals surface area contributed by atoms with Crippen LogP contribution in [-0.4, -0.2) is 31.1 Å². The molecule has 7 heteroatoms. The Labute approximate surface area is 84.3 Å². The summed E-state index contributed by atoms with van der Waals surface area (Å²) >= 11 is 0. The summed E-state index contributed by atoms with van der Waals surface area (Å²) in [6.07, 6.45) is 1.41. The molecule has 0 bridgehead atoms. The maximum atomic E-state index is 10.8. The van der Waals surface area contributed by atoms with Gasteiger partial charge in [-0.05, 0) is 6.07 Å². The van der Waals surface area contributed by atoms with Crippen LogP contribution in [0.15, 0.2) is 16.7 Å². The Morgan fingerprint density at radius 3 is 3.00 bits per heavy atom. The van der Waals surface area contributed by atoms with E-state index in [0.717, 1.165) is 0 Å². The van der Waals surface area contributed by atoms with Gasteiger partial charge in [0, 0.05) is 13.1 Å². The van der Waals surface area contributed by atoms with Gasteiger partial charge in [-0.1, -0.05) is 0 Å². The van der Waals surface area contributed by atoms with Gasteiger partial charge in [0.1, 0.15) is 12.2 Å². The van der Waals surface area contributed by atoms with Crippen LogP contribution in [0.5, 0.6) is 0 Å². The highest BCUT2D eigenvalue weighted by atomic mass is 16.4. The van der Waals surface area contributed by atoms with E-state index in [2.05, 4.69) is 15.3 Å². The first-order valence-corrected chi connectivity index (χ1v) is 4.21. The molecular weight excluding hydrogens is 200 g/mol. The van der Waals surface area contributed by atoms with E-state index in [1.807, 2.05) is 0 Å². The summed E-state index contributed by atoms with van der Waals surface area (Å²) in [7, 11) is 0. The van der Waals surface area contributed by atoms with Crippen LogP contribution in [0.25, 0.3) is 0 Å². The zero-order valence-electron chi connectivity index (χ0n) is 7.91. The molecule has 0 atom stereocenters. The van der Waals surface area contributed by atoms with Crippen molar-refractivity contribution in [3.05, 3.63) is 29.7 Å². The smallest absolute Gasteiger partial charge is 0.354 e. The van der Waals surface area contributed by atoms with E-state index >= 15 is 0 Å². The van der Waals surface area contributed by atoms with Gasteiger partial charge in [-0.25, -0.2) is 9.48 Å². The lowest BCUT2D eigenvalue weighted by Gasteiger charge is -1.99. The third-order valence-electron chi connectivity index (χ3n) is 1.79. The molecule has 0 aliphatic rings. The average molecular weight is 208 g/mol. The number of hydrogen-bond donors (Lipinski definition) is 1. The number of carboxylic acid groups (broad SMARTS) is 1. The minimum absolute atomic E-state index is 0.0888. The third kappa shape index (κ3) is 1.85. The van der Waals surface area contributed by atoms with E-state index in [4.69, 9.17) is 9.52 Å². The molecule has 0 saturated carbocycles. The van der Waals surface area contributed by atoms with E-state index < -0.39 is 5.97 Å². The summed E-state index contributed by atoms with van der Waals surface area (Å²) < 4.78 is 6.40. The lowest BCUT2D eigenvalue weighted by Crippen LogP contribution is -2.10. The number of aryl methyl sites for hydroxylation is 1. The SMILES string of the molecule is Cc1nnc(Cn2nccc2C(=O)O)o1. The molecule has 0 aromatic carbocycles. The van der Waals surface area contributed by atoms with E-state index in [9.17, 15) is 4.79 Å². The predicted molar refractivity (Wildman–Crippen MR) is 47.3 cm³/mol. The summed E-state index contributed by atoms with van der Waals surface area (Å²) in [4.78, 5) is 10.8.